The standard InChI is InChI=1S/C29H32ClFN6O2/c1-29(2,37-9-3-4-10-37)8-7-20-15-26-22(17-25(20)35-27(38)18-36-11-13-39-14-12-36)28(33-19-32-26)34-21-5-6-24(31)23(30)16-21/h5-6,15-17,19H,3-4,9-14,18H2,1-2H3,(H,35,38)(H,32,33,34). The number of fused-ring (bicyclic) bond motifs is 1. The molecule has 0 saturated carbocycles. The van der Waals surface area contributed by atoms with Crippen LogP contribution in [0.2, 0.25) is 5.02 Å². The number of aromatic nitrogens is 2. The number of rotatable bonds is 6. The SMILES string of the molecule is CC(C)(C#Cc1cc2ncnc(Nc3ccc(F)c(Cl)c3)c2cc1NC(=O)CN1CCOCC1)N1CCCC1. The van der Waals surface area contributed by atoms with Crippen molar-refractivity contribution in [2.24, 2.45) is 0 Å². The number of nitrogens with one attached hydrogen (secondary N) is 2. The van der Waals surface area contributed by atoms with Crippen molar-refractivity contribution in [3.63, 3.8) is 0 Å². The summed E-state index contributed by atoms with van der Waals surface area (Å²) < 4.78 is 19.1. The minimum atomic E-state index is -0.500. The minimum absolute atomic E-state index is 0.00704. The van der Waals surface area contributed by atoms with Gasteiger partial charge in [0, 0.05) is 24.2 Å². The van der Waals surface area contributed by atoms with Crippen LogP contribution in [-0.2, 0) is 9.53 Å². The molecule has 2 N–H and O–H groups in total. The first kappa shape index (κ1) is 27.3. The van der Waals surface area contributed by atoms with Gasteiger partial charge in [0.2, 0.25) is 5.91 Å². The number of morpholine rings is 1. The number of carbonyl (C=O) groups excluding carboxylic acids is 1. The molecule has 0 atom stereocenters. The van der Waals surface area contributed by atoms with Crippen molar-refractivity contribution in [1.29, 1.82) is 0 Å². The second-order valence-corrected chi connectivity index (χ2v) is 10.7. The summed E-state index contributed by atoms with van der Waals surface area (Å²) in [6, 6.07) is 8.09. The number of hydrogen-bond acceptors (Lipinski definition) is 7. The van der Waals surface area contributed by atoms with Crippen LogP contribution in [0.4, 0.5) is 21.6 Å². The van der Waals surface area contributed by atoms with E-state index in [1.54, 1.807) is 6.07 Å². The van der Waals surface area contributed by atoms with E-state index in [9.17, 15) is 9.18 Å². The fraction of sp³-hybridized carbons (Fsp3) is 0.414. The average molecular weight is 551 g/mol. The van der Waals surface area contributed by atoms with Crippen LogP contribution < -0.4 is 10.6 Å². The van der Waals surface area contributed by atoms with Crippen LogP contribution in [0.25, 0.3) is 10.9 Å². The Morgan fingerprint density at radius 2 is 1.90 bits per heavy atom. The molecule has 204 valence electrons. The van der Waals surface area contributed by atoms with Crippen molar-refractivity contribution in [3.8, 4) is 11.8 Å². The minimum Gasteiger partial charge on any atom is -0.379 e. The summed E-state index contributed by atoms with van der Waals surface area (Å²) in [4.78, 5) is 26.4. The highest BCUT2D eigenvalue weighted by Gasteiger charge is 2.27. The molecule has 0 bridgehead atoms. The second-order valence-electron chi connectivity index (χ2n) is 10.3. The molecule has 8 nitrogen and oxygen atoms in total. The number of hydrogen-bond donors (Lipinski definition) is 2. The lowest BCUT2D eigenvalue weighted by Gasteiger charge is -2.30. The molecule has 2 aromatic carbocycles. The van der Waals surface area contributed by atoms with Crippen molar-refractivity contribution < 1.29 is 13.9 Å². The maximum atomic E-state index is 13.7. The van der Waals surface area contributed by atoms with E-state index in [0.29, 0.717) is 60.0 Å². The van der Waals surface area contributed by atoms with E-state index < -0.39 is 5.82 Å². The summed E-state index contributed by atoms with van der Waals surface area (Å²) in [6.45, 7) is 9.22. The lowest BCUT2D eigenvalue weighted by atomic mass is 10.0. The molecule has 5 rings (SSSR count). The summed E-state index contributed by atoms with van der Waals surface area (Å²) in [5.41, 5.74) is 2.20. The van der Waals surface area contributed by atoms with Crippen molar-refractivity contribution in [1.82, 2.24) is 19.8 Å². The van der Waals surface area contributed by atoms with E-state index in [2.05, 4.69) is 56.1 Å². The van der Waals surface area contributed by atoms with Crippen LogP contribution in [0.5, 0.6) is 0 Å². The van der Waals surface area contributed by atoms with Crippen LogP contribution in [-0.4, -0.2) is 77.2 Å². The summed E-state index contributed by atoms with van der Waals surface area (Å²) >= 11 is 5.97. The lowest BCUT2D eigenvalue weighted by Crippen LogP contribution is -2.41. The summed E-state index contributed by atoms with van der Waals surface area (Å²) in [6.07, 6.45) is 3.81. The largest absolute Gasteiger partial charge is 0.379 e. The molecule has 1 aromatic heterocycles. The van der Waals surface area contributed by atoms with Gasteiger partial charge in [0.25, 0.3) is 0 Å². The van der Waals surface area contributed by atoms with Crippen molar-refractivity contribution in [3.05, 3.63) is 53.1 Å². The van der Waals surface area contributed by atoms with Crippen molar-refractivity contribution in [2.75, 3.05) is 56.6 Å². The lowest BCUT2D eigenvalue weighted by molar-refractivity contribution is -0.118. The van der Waals surface area contributed by atoms with Gasteiger partial charge in [-0.3, -0.25) is 14.6 Å². The molecule has 1 amide bonds. The fourth-order valence-corrected chi connectivity index (χ4v) is 5.03. The number of amides is 1. The van der Waals surface area contributed by atoms with Crippen LogP contribution >= 0.6 is 11.6 Å². The quantitative estimate of drug-likeness (QED) is 0.432. The van der Waals surface area contributed by atoms with Crippen LogP contribution in [0.1, 0.15) is 32.3 Å². The van der Waals surface area contributed by atoms with Gasteiger partial charge in [-0.1, -0.05) is 23.4 Å². The topological polar surface area (TPSA) is 82.6 Å². The molecule has 2 saturated heterocycles. The fourth-order valence-electron chi connectivity index (χ4n) is 4.85. The van der Waals surface area contributed by atoms with Gasteiger partial charge in [0.1, 0.15) is 18.0 Å². The molecule has 39 heavy (non-hydrogen) atoms. The van der Waals surface area contributed by atoms with Crippen molar-refractivity contribution in [2.45, 2.75) is 32.2 Å². The number of nitrogens with zero attached hydrogens (tertiary/aromatic N) is 4. The molecule has 2 aliphatic rings. The Morgan fingerprint density at radius 1 is 1.13 bits per heavy atom. The monoisotopic (exact) mass is 550 g/mol. The van der Waals surface area contributed by atoms with E-state index in [4.69, 9.17) is 16.3 Å². The molecular weight excluding hydrogens is 519 g/mol. The zero-order chi connectivity index (χ0) is 27.4. The van der Waals surface area contributed by atoms with Crippen LogP contribution in [0.15, 0.2) is 36.7 Å². The number of ether oxygens (including phenoxy) is 1. The maximum absolute atomic E-state index is 13.7. The number of carbonyl (C=O) groups is 1. The summed E-state index contributed by atoms with van der Waals surface area (Å²) in [5, 5.41) is 6.96. The molecule has 3 heterocycles. The average Bonchev–Trinajstić information content (AvgIpc) is 3.47. The van der Waals surface area contributed by atoms with Gasteiger partial charge >= 0.3 is 0 Å². The maximum Gasteiger partial charge on any atom is 0.238 e. The molecule has 0 spiro atoms. The van der Waals surface area contributed by atoms with E-state index >= 15 is 0 Å². The predicted molar refractivity (Wildman–Crippen MR) is 152 cm³/mol. The highest BCUT2D eigenvalue weighted by atomic mass is 35.5. The summed E-state index contributed by atoms with van der Waals surface area (Å²) in [5.74, 6) is 6.64. The molecular formula is C29H32ClFN6O2. The van der Waals surface area contributed by atoms with E-state index in [0.717, 1.165) is 13.1 Å². The van der Waals surface area contributed by atoms with E-state index in [-0.39, 0.29) is 23.0 Å². The molecule has 2 fully saturated rings. The van der Waals surface area contributed by atoms with Gasteiger partial charge in [-0.15, -0.1) is 0 Å². The Balaban J connectivity index is 1.50. The van der Waals surface area contributed by atoms with E-state index in [1.165, 1.54) is 31.3 Å². The third-order valence-electron chi connectivity index (χ3n) is 7.10. The number of likely N-dealkylation sites (tertiary alicyclic amines) is 1. The van der Waals surface area contributed by atoms with E-state index in [1.807, 2.05) is 12.1 Å². The van der Waals surface area contributed by atoms with Gasteiger partial charge in [-0.2, -0.15) is 0 Å². The predicted octanol–water partition coefficient (Wildman–Crippen LogP) is 4.66. The molecule has 0 aliphatic carbocycles. The molecule has 0 unspecified atom stereocenters. The Labute approximate surface area is 232 Å². The van der Waals surface area contributed by atoms with Crippen LogP contribution in [0.3, 0.4) is 0 Å². The highest BCUT2D eigenvalue weighted by Crippen LogP contribution is 2.30. The van der Waals surface area contributed by atoms with Gasteiger partial charge in [-0.25, -0.2) is 14.4 Å². The van der Waals surface area contributed by atoms with Crippen molar-refractivity contribution >= 4 is 45.6 Å². The number of benzene rings is 2. The summed E-state index contributed by atoms with van der Waals surface area (Å²) in [7, 11) is 0. The smallest absolute Gasteiger partial charge is 0.238 e. The first-order valence-electron chi connectivity index (χ1n) is 13.2. The second kappa shape index (κ2) is 11.8. The molecule has 2 aliphatic heterocycles. The number of halogens is 2. The Bertz CT molecular complexity index is 1420. The zero-order valence-electron chi connectivity index (χ0n) is 22.2. The zero-order valence-corrected chi connectivity index (χ0v) is 22.9. The first-order chi connectivity index (χ1) is 18.8. The normalized spacial score (nSPS) is 16.6. The Kier molecular flexibility index (Phi) is 8.29. The van der Waals surface area contributed by atoms with Gasteiger partial charge in [-0.05, 0) is 70.1 Å². The molecule has 0 radical (unpaired) electrons. The third-order valence-corrected chi connectivity index (χ3v) is 7.39. The Hall–Kier alpha value is -3.29. The van der Waals surface area contributed by atoms with Gasteiger partial charge < -0.3 is 15.4 Å². The number of anilines is 3. The molecule has 3 aromatic rings. The van der Waals surface area contributed by atoms with Gasteiger partial charge in [0.05, 0.1) is 47.1 Å². The van der Waals surface area contributed by atoms with Gasteiger partial charge in [0.15, 0.2) is 0 Å². The third kappa shape index (κ3) is 6.65. The molecule has 10 heteroatoms. The highest BCUT2D eigenvalue weighted by molar-refractivity contribution is 6.31. The first-order valence-corrected chi connectivity index (χ1v) is 13.6. The Morgan fingerprint density at radius 3 is 2.64 bits per heavy atom. The van der Waals surface area contributed by atoms with Crippen LogP contribution in [0, 0.1) is 17.7 Å².